The standard InChI is InChI=1S/C7H9N2O/c10-6-5-9-7-3-1-2-4-8-7/h1-2,4,10H,5-6H2,(H,8,9). The summed E-state index contributed by atoms with van der Waals surface area (Å²) in [5, 5.41) is 11.3. The molecule has 0 amide bonds. The molecule has 1 radical (unpaired) electrons. The average Bonchev–Trinajstić information content (AvgIpc) is 2.03. The molecule has 0 atom stereocenters. The first-order chi connectivity index (χ1) is 4.93. The van der Waals surface area contributed by atoms with E-state index in [9.17, 15) is 0 Å². The molecule has 53 valence electrons. The van der Waals surface area contributed by atoms with Gasteiger partial charge in [-0.25, -0.2) is 4.98 Å². The fourth-order valence-corrected chi connectivity index (χ4v) is 0.596. The Bertz CT molecular complexity index is 176. The Morgan fingerprint density at radius 2 is 2.60 bits per heavy atom. The van der Waals surface area contributed by atoms with Gasteiger partial charge in [-0.2, -0.15) is 0 Å². The largest absolute Gasteiger partial charge is 0.395 e. The Hall–Kier alpha value is -1.09. The van der Waals surface area contributed by atoms with E-state index in [4.69, 9.17) is 5.11 Å². The quantitative estimate of drug-likeness (QED) is 0.629. The monoisotopic (exact) mass is 137 g/mol. The van der Waals surface area contributed by atoms with Gasteiger partial charge < -0.3 is 10.4 Å². The zero-order valence-corrected chi connectivity index (χ0v) is 5.54. The third-order valence-electron chi connectivity index (χ3n) is 1.01. The number of nitrogens with one attached hydrogen (secondary N) is 1. The van der Waals surface area contributed by atoms with Crippen molar-refractivity contribution in [2.75, 3.05) is 18.5 Å². The van der Waals surface area contributed by atoms with Gasteiger partial charge in [0.1, 0.15) is 5.82 Å². The van der Waals surface area contributed by atoms with Crippen LogP contribution in [0.1, 0.15) is 0 Å². The van der Waals surface area contributed by atoms with E-state index >= 15 is 0 Å². The molecule has 0 aromatic carbocycles. The lowest BCUT2D eigenvalue weighted by Gasteiger charge is -1.99. The first-order valence-corrected chi connectivity index (χ1v) is 3.11. The first-order valence-electron chi connectivity index (χ1n) is 3.11. The number of rotatable bonds is 3. The smallest absolute Gasteiger partial charge is 0.134 e. The summed E-state index contributed by atoms with van der Waals surface area (Å²) in [7, 11) is 0. The van der Waals surface area contributed by atoms with E-state index < -0.39 is 0 Å². The number of nitrogens with zero attached hydrogens (tertiary/aromatic N) is 1. The van der Waals surface area contributed by atoms with Crippen LogP contribution in [0.5, 0.6) is 0 Å². The molecule has 1 aromatic rings. The van der Waals surface area contributed by atoms with Crippen LogP contribution in [0.25, 0.3) is 0 Å². The molecule has 3 heteroatoms. The summed E-state index contributed by atoms with van der Waals surface area (Å²) in [6.45, 7) is 0.637. The van der Waals surface area contributed by atoms with Gasteiger partial charge in [-0.15, -0.1) is 0 Å². The number of hydrogen-bond donors (Lipinski definition) is 2. The maximum atomic E-state index is 8.42. The molecular formula is C7H9N2O. The predicted octanol–water partition coefficient (Wildman–Crippen LogP) is 0.286. The summed E-state index contributed by atoms with van der Waals surface area (Å²) >= 11 is 0. The van der Waals surface area contributed by atoms with Crippen molar-refractivity contribution in [2.45, 2.75) is 0 Å². The van der Waals surface area contributed by atoms with Gasteiger partial charge in [-0.3, -0.25) is 0 Å². The molecule has 0 bridgehead atoms. The Morgan fingerprint density at radius 1 is 1.70 bits per heavy atom. The topological polar surface area (TPSA) is 45.1 Å². The lowest BCUT2D eigenvalue weighted by Crippen LogP contribution is -2.06. The minimum atomic E-state index is 0.115. The molecular weight excluding hydrogens is 128 g/mol. The van der Waals surface area contributed by atoms with E-state index in [1.165, 1.54) is 0 Å². The molecule has 3 nitrogen and oxygen atoms in total. The molecule has 10 heavy (non-hydrogen) atoms. The highest BCUT2D eigenvalue weighted by Gasteiger charge is 1.87. The van der Waals surface area contributed by atoms with Gasteiger partial charge in [-0.05, 0) is 12.1 Å². The second-order valence-corrected chi connectivity index (χ2v) is 1.78. The molecule has 1 heterocycles. The van der Waals surface area contributed by atoms with Gasteiger partial charge in [0.05, 0.1) is 6.61 Å². The molecule has 0 saturated carbocycles. The van der Waals surface area contributed by atoms with Crippen molar-refractivity contribution in [1.82, 2.24) is 4.98 Å². The average molecular weight is 137 g/mol. The minimum Gasteiger partial charge on any atom is -0.395 e. The molecule has 0 fully saturated rings. The van der Waals surface area contributed by atoms with Crippen molar-refractivity contribution in [2.24, 2.45) is 0 Å². The van der Waals surface area contributed by atoms with Crippen LogP contribution < -0.4 is 5.32 Å². The Morgan fingerprint density at radius 3 is 3.20 bits per heavy atom. The van der Waals surface area contributed by atoms with E-state index in [1.54, 1.807) is 18.3 Å². The summed E-state index contributed by atoms with van der Waals surface area (Å²) in [6.07, 6.45) is 1.68. The van der Waals surface area contributed by atoms with Crippen molar-refractivity contribution in [3.05, 3.63) is 24.4 Å². The number of hydrogen-bond acceptors (Lipinski definition) is 3. The van der Waals surface area contributed by atoms with Crippen LogP contribution in [0, 0.1) is 6.07 Å². The van der Waals surface area contributed by atoms with Gasteiger partial charge >= 0.3 is 0 Å². The van der Waals surface area contributed by atoms with Crippen LogP contribution in [0.4, 0.5) is 5.82 Å². The molecule has 1 rings (SSSR count). The highest BCUT2D eigenvalue weighted by molar-refractivity contribution is 5.31. The van der Waals surface area contributed by atoms with Gasteiger partial charge in [0.2, 0.25) is 0 Å². The SMILES string of the molecule is OCCNc1[c]cccn1. The normalized spacial score (nSPS) is 9.30. The van der Waals surface area contributed by atoms with Crippen LogP contribution in [0.15, 0.2) is 18.3 Å². The third-order valence-corrected chi connectivity index (χ3v) is 1.01. The summed E-state index contributed by atoms with van der Waals surface area (Å²) in [4.78, 5) is 3.94. The molecule has 0 aliphatic rings. The van der Waals surface area contributed by atoms with Crippen molar-refractivity contribution < 1.29 is 5.11 Å². The third kappa shape index (κ3) is 2.03. The molecule has 0 unspecified atom stereocenters. The second-order valence-electron chi connectivity index (χ2n) is 1.78. The molecule has 1 aromatic heterocycles. The molecule has 0 aliphatic carbocycles. The van der Waals surface area contributed by atoms with Gasteiger partial charge in [0, 0.05) is 18.8 Å². The van der Waals surface area contributed by atoms with E-state index in [2.05, 4.69) is 16.4 Å². The van der Waals surface area contributed by atoms with Gasteiger partial charge in [0.25, 0.3) is 0 Å². The Balaban J connectivity index is 2.43. The fraction of sp³-hybridized carbons (Fsp3) is 0.286. The van der Waals surface area contributed by atoms with Gasteiger partial charge in [0.15, 0.2) is 0 Å². The summed E-state index contributed by atoms with van der Waals surface area (Å²) < 4.78 is 0. The van der Waals surface area contributed by atoms with Crippen LogP contribution >= 0.6 is 0 Å². The number of aliphatic hydroxyl groups is 1. The number of anilines is 1. The highest BCUT2D eigenvalue weighted by Crippen LogP contribution is 1.96. The second kappa shape index (κ2) is 3.85. The van der Waals surface area contributed by atoms with Crippen LogP contribution in [0.3, 0.4) is 0 Å². The van der Waals surface area contributed by atoms with Gasteiger partial charge in [-0.1, -0.05) is 0 Å². The Labute approximate surface area is 59.7 Å². The number of aliphatic hydroxyl groups excluding tert-OH is 1. The van der Waals surface area contributed by atoms with E-state index in [0.717, 1.165) is 0 Å². The summed E-state index contributed by atoms with van der Waals surface area (Å²) in [6, 6.07) is 6.44. The van der Waals surface area contributed by atoms with Crippen LogP contribution in [-0.4, -0.2) is 23.2 Å². The molecule has 0 aliphatic heterocycles. The maximum Gasteiger partial charge on any atom is 0.134 e. The predicted molar refractivity (Wildman–Crippen MR) is 38.6 cm³/mol. The Kier molecular flexibility index (Phi) is 2.70. The number of pyridine rings is 1. The van der Waals surface area contributed by atoms with Crippen molar-refractivity contribution in [3.63, 3.8) is 0 Å². The maximum absolute atomic E-state index is 8.42. The minimum absolute atomic E-state index is 0.115. The lowest BCUT2D eigenvalue weighted by molar-refractivity contribution is 0.311. The summed E-state index contributed by atoms with van der Waals surface area (Å²) in [5.41, 5.74) is 0. The van der Waals surface area contributed by atoms with Crippen molar-refractivity contribution >= 4 is 5.82 Å². The lowest BCUT2D eigenvalue weighted by atomic mass is 10.4. The molecule has 0 spiro atoms. The van der Waals surface area contributed by atoms with Crippen molar-refractivity contribution in [3.8, 4) is 0 Å². The van der Waals surface area contributed by atoms with Crippen LogP contribution in [0.2, 0.25) is 0 Å². The van der Waals surface area contributed by atoms with Crippen molar-refractivity contribution in [1.29, 1.82) is 0 Å². The first kappa shape index (κ1) is 7.02. The van der Waals surface area contributed by atoms with E-state index in [0.29, 0.717) is 12.4 Å². The van der Waals surface area contributed by atoms with E-state index in [-0.39, 0.29) is 6.61 Å². The summed E-state index contributed by atoms with van der Waals surface area (Å²) in [5.74, 6) is 0.677. The van der Waals surface area contributed by atoms with E-state index in [1.807, 2.05) is 0 Å². The fourth-order valence-electron chi connectivity index (χ4n) is 0.596. The zero-order chi connectivity index (χ0) is 7.23. The number of aromatic nitrogens is 1. The zero-order valence-electron chi connectivity index (χ0n) is 5.54. The highest BCUT2D eigenvalue weighted by atomic mass is 16.3. The molecule has 0 saturated heterocycles. The van der Waals surface area contributed by atoms with Crippen LogP contribution in [-0.2, 0) is 0 Å². The molecule has 2 N–H and O–H groups in total.